The van der Waals surface area contributed by atoms with E-state index in [1.807, 2.05) is 0 Å². The minimum Gasteiger partial charge on any atom is -0.493 e. The molecule has 0 saturated carbocycles. The molecular formula is C6H3F4NO4RhS. The van der Waals surface area contributed by atoms with Gasteiger partial charge in [-0.15, -0.1) is 0 Å². The molecule has 1 N–H and O–H groups in total. The number of aromatic hydroxyl groups is 1. The quantitative estimate of drug-likeness (QED) is 0.369. The summed E-state index contributed by atoms with van der Waals surface area (Å²) >= 11 is 0. The third-order valence-corrected chi connectivity index (χ3v) is 2.25. The summed E-state index contributed by atoms with van der Waals surface area (Å²) in [5.74, 6) is -3.57. The largest absolute Gasteiger partial charge is 0.534 e. The first-order chi connectivity index (χ1) is 7.13. The summed E-state index contributed by atoms with van der Waals surface area (Å²) in [5, 5.41) is 8.62. The number of hydrogen-bond acceptors (Lipinski definition) is 5. The normalized spacial score (nSPS) is 11.8. The fourth-order valence-electron chi connectivity index (χ4n) is 0.635. The second-order valence-electron chi connectivity index (χ2n) is 2.46. The van der Waals surface area contributed by atoms with Crippen molar-refractivity contribution in [3.63, 3.8) is 0 Å². The summed E-state index contributed by atoms with van der Waals surface area (Å²) in [6.45, 7) is 0. The number of rotatable bonds is 2. The van der Waals surface area contributed by atoms with Gasteiger partial charge in [-0.05, 0) is 0 Å². The fraction of sp³-hybridized carbons (Fsp3) is 0.167. The molecule has 0 aliphatic carbocycles. The zero-order chi connectivity index (χ0) is 12.6. The van der Waals surface area contributed by atoms with E-state index in [-0.39, 0.29) is 19.5 Å². The summed E-state index contributed by atoms with van der Waals surface area (Å²) in [4.78, 5) is 2.96. The van der Waals surface area contributed by atoms with Crippen LogP contribution in [0.5, 0.6) is 11.6 Å². The van der Waals surface area contributed by atoms with Crippen molar-refractivity contribution in [1.82, 2.24) is 4.98 Å². The molecule has 1 aromatic heterocycles. The monoisotopic (exact) mass is 364 g/mol. The second-order valence-corrected chi connectivity index (χ2v) is 3.99. The average Bonchev–Trinajstić information content (AvgIpc) is 2.08. The molecule has 0 aromatic carbocycles. The maximum absolute atomic E-state index is 12.8. The molecular weight excluding hydrogens is 361 g/mol. The number of nitrogens with zero attached hydrogens (tertiary/aromatic N) is 1. The van der Waals surface area contributed by atoms with Crippen LogP contribution in [-0.4, -0.2) is 24.0 Å². The van der Waals surface area contributed by atoms with E-state index in [0.29, 0.717) is 12.3 Å². The number of alkyl halides is 3. The van der Waals surface area contributed by atoms with Crippen LogP contribution in [-0.2, 0) is 29.6 Å². The molecule has 0 aliphatic heterocycles. The van der Waals surface area contributed by atoms with Crippen molar-refractivity contribution in [2.45, 2.75) is 5.51 Å². The Morgan fingerprint density at radius 3 is 2.29 bits per heavy atom. The minimum absolute atomic E-state index is 0. The molecule has 1 heterocycles. The van der Waals surface area contributed by atoms with Crippen LogP contribution >= 0.6 is 0 Å². The van der Waals surface area contributed by atoms with Gasteiger partial charge in [-0.1, -0.05) is 0 Å². The SMILES string of the molecule is O=S(=O)(Oc1cnc(O)cc1F)C(F)(F)F.[Rh]. The third kappa shape index (κ3) is 3.77. The van der Waals surface area contributed by atoms with E-state index in [0.717, 1.165) is 0 Å². The molecule has 0 bridgehead atoms. The van der Waals surface area contributed by atoms with Crippen LogP contribution in [0.2, 0.25) is 0 Å². The Labute approximate surface area is 105 Å². The molecule has 0 amide bonds. The Hall–Kier alpha value is -0.957. The molecule has 0 aliphatic rings. The van der Waals surface area contributed by atoms with Crippen molar-refractivity contribution in [1.29, 1.82) is 0 Å². The van der Waals surface area contributed by atoms with E-state index in [2.05, 4.69) is 9.17 Å². The first-order valence-corrected chi connectivity index (χ1v) is 4.89. The van der Waals surface area contributed by atoms with Gasteiger partial charge in [0.25, 0.3) is 0 Å². The van der Waals surface area contributed by atoms with Gasteiger partial charge in [-0.3, -0.25) is 0 Å². The predicted molar refractivity (Wildman–Crippen MR) is 41.5 cm³/mol. The molecule has 1 rings (SSSR count). The van der Waals surface area contributed by atoms with Crippen molar-refractivity contribution >= 4 is 10.1 Å². The Balaban J connectivity index is 0.00000256. The molecule has 0 fully saturated rings. The second kappa shape index (κ2) is 5.13. The van der Waals surface area contributed by atoms with E-state index < -0.39 is 33.1 Å². The van der Waals surface area contributed by atoms with Crippen LogP contribution in [0.4, 0.5) is 17.6 Å². The van der Waals surface area contributed by atoms with E-state index in [4.69, 9.17) is 5.11 Å². The van der Waals surface area contributed by atoms with Gasteiger partial charge < -0.3 is 9.29 Å². The zero-order valence-electron chi connectivity index (χ0n) is 7.53. The summed E-state index contributed by atoms with van der Waals surface area (Å²) in [6.07, 6.45) is 0.313. The van der Waals surface area contributed by atoms with Crippen LogP contribution in [0.1, 0.15) is 0 Å². The van der Waals surface area contributed by atoms with Gasteiger partial charge in [0.15, 0.2) is 11.6 Å². The van der Waals surface area contributed by atoms with Gasteiger partial charge in [0.05, 0.1) is 6.20 Å². The van der Waals surface area contributed by atoms with Crippen LogP contribution in [0.3, 0.4) is 0 Å². The van der Waals surface area contributed by atoms with Gasteiger partial charge in [-0.25, -0.2) is 9.37 Å². The van der Waals surface area contributed by atoms with Gasteiger partial charge in [-0.2, -0.15) is 21.6 Å². The average molecular weight is 364 g/mol. The van der Waals surface area contributed by atoms with Gasteiger partial charge in [0.2, 0.25) is 5.88 Å². The Morgan fingerprint density at radius 2 is 1.88 bits per heavy atom. The number of halogens is 4. The number of hydrogen-bond donors (Lipinski definition) is 1. The van der Waals surface area contributed by atoms with E-state index in [1.54, 1.807) is 0 Å². The van der Waals surface area contributed by atoms with Gasteiger partial charge >= 0.3 is 15.6 Å². The molecule has 1 aromatic rings. The van der Waals surface area contributed by atoms with Crippen LogP contribution in [0.15, 0.2) is 12.3 Å². The van der Waals surface area contributed by atoms with Crippen LogP contribution in [0.25, 0.3) is 0 Å². The molecule has 0 unspecified atom stereocenters. The maximum Gasteiger partial charge on any atom is 0.534 e. The van der Waals surface area contributed by atoms with Gasteiger partial charge in [0, 0.05) is 25.5 Å². The molecule has 0 spiro atoms. The Kier molecular flexibility index (Phi) is 4.84. The predicted octanol–water partition coefficient (Wildman–Crippen LogP) is 1.15. The van der Waals surface area contributed by atoms with Crippen LogP contribution in [0, 0.1) is 5.82 Å². The molecule has 99 valence electrons. The molecule has 17 heavy (non-hydrogen) atoms. The Bertz CT molecular complexity index is 503. The molecule has 5 nitrogen and oxygen atoms in total. The molecule has 0 atom stereocenters. The first-order valence-electron chi connectivity index (χ1n) is 3.49. The zero-order valence-corrected chi connectivity index (χ0v) is 9.98. The van der Waals surface area contributed by atoms with Crippen molar-refractivity contribution < 1.29 is 54.7 Å². The summed E-state index contributed by atoms with van der Waals surface area (Å²) in [6, 6.07) is 0.307. The van der Waals surface area contributed by atoms with Crippen molar-refractivity contribution in [3.05, 3.63) is 18.1 Å². The van der Waals surface area contributed by atoms with Crippen molar-refractivity contribution in [2.24, 2.45) is 0 Å². The number of pyridine rings is 1. The van der Waals surface area contributed by atoms with E-state index in [1.165, 1.54) is 0 Å². The molecule has 1 radical (unpaired) electrons. The standard InChI is InChI=1S/C6H3F4NO4S.Rh/c7-3-1-5(12)11-2-4(3)15-16(13,14)6(8,9)10;/h1-2H,(H,11,12);. The molecule has 11 heteroatoms. The third-order valence-electron chi connectivity index (χ3n) is 1.29. The number of aromatic nitrogens is 1. The minimum atomic E-state index is -5.95. The Morgan fingerprint density at radius 1 is 1.35 bits per heavy atom. The first kappa shape index (κ1) is 16.0. The van der Waals surface area contributed by atoms with Crippen molar-refractivity contribution in [2.75, 3.05) is 0 Å². The van der Waals surface area contributed by atoms with E-state index in [9.17, 15) is 26.0 Å². The summed E-state index contributed by atoms with van der Waals surface area (Å²) in [5.41, 5.74) is -5.67. The fourth-order valence-corrected chi connectivity index (χ4v) is 1.09. The van der Waals surface area contributed by atoms with Gasteiger partial charge in [0.1, 0.15) is 0 Å². The maximum atomic E-state index is 12.8. The summed E-state index contributed by atoms with van der Waals surface area (Å²) in [7, 11) is -5.95. The van der Waals surface area contributed by atoms with E-state index >= 15 is 0 Å². The smallest absolute Gasteiger partial charge is 0.493 e. The topological polar surface area (TPSA) is 76.5 Å². The molecule has 0 saturated heterocycles. The summed E-state index contributed by atoms with van der Waals surface area (Å²) < 4.78 is 72.6. The van der Waals surface area contributed by atoms with Crippen LogP contribution < -0.4 is 4.18 Å². The van der Waals surface area contributed by atoms with Crippen molar-refractivity contribution in [3.8, 4) is 11.6 Å².